The average Bonchev–Trinajstić information content (AvgIpc) is 2.45. The van der Waals surface area contributed by atoms with E-state index in [9.17, 15) is 10.1 Å². The Bertz CT molecular complexity index is 645. The van der Waals surface area contributed by atoms with E-state index in [0.29, 0.717) is 19.0 Å². The minimum absolute atomic E-state index is 0.0171. The number of ether oxygens (including phenoxy) is 2. The first kappa shape index (κ1) is 15.3. The SMILES string of the molecule is Cc1ccc([N+](=O)[O-])cc1OCCOc1cccc(Br)c1. The fraction of sp³-hybridized carbons (Fsp3) is 0.200. The van der Waals surface area contributed by atoms with Crippen LogP contribution in [0.3, 0.4) is 0 Å². The summed E-state index contributed by atoms with van der Waals surface area (Å²) in [5, 5.41) is 10.7. The van der Waals surface area contributed by atoms with Crippen molar-refractivity contribution < 1.29 is 14.4 Å². The highest BCUT2D eigenvalue weighted by Crippen LogP contribution is 2.24. The molecule has 0 atom stereocenters. The van der Waals surface area contributed by atoms with Crippen LogP contribution >= 0.6 is 15.9 Å². The van der Waals surface area contributed by atoms with Gasteiger partial charge in [-0.15, -0.1) is 0 Å². The molecule has 0 aliphatic carbocycles. The number of nitrogens with zero attached hydrogens (tertiary/aromatic N) is 1. The van der Waals surface area contributed by atoms with E-state index in [-0.39, 0.29) is 5.69 Å². The van der Waals surface area contributed by atoms with Gasteiger partial charge in [-0.1, -0.05) is 22.0 Å². The summed E-state index contributed by atoms with van der Waals surface area (Å²) >= 11 is 3.36. The van der Waals surface area contributed by atoms with Crippen molar-refractivity contribution in [3.05, 3.63) is 62.6 Å². The highest BCUT2D eigenvalue weighted by molar-refractivity contribution is 9.10. The van der Waals surface area contributed by atoms with Gasteiger partial charge in [0.05, 0.1) is 11.0 Å². The molecule has 2 aromatic rings. The smallest absolute Gasteiger partial charge is 0.273 e. The van der Waals surface area contributed by atoms with Crippen molar-refractivity contribution in [3.8, 4) is 11.5 Å². The first-order chi connectivity index (χ1) is 10.1. The maximum atomic E-state index is 10.7. The van der Waals surface area contributed by atoms with Crippen molar-refractivity contribution >= 4 is 21.6 Å². The molecule has 0 aromatic heterocycles. The fourth-order valence-electron chi connectivity index (χ4n) is 1.73. The Kier molecular flexibility index (Phi) is 5.16. The molecule has 0 unspecified atom stereocenters. The average molecular weight is 352 g/mol. The van der Waals surface area contributed by atoms with Crippen LogP contribution in [0.5, 0.6) is 11.5 Å². The summed E-state index contributed by atoms with van der Waals surface area (Å²) in [6.07, 6.45) is 0. The molecule has 0 heterocycles. The third kappa shape index (κ3) is 4.46. The molecule has 0 spiro atoms. The van der Waals surface area contributed by atoms with Crippen molar-refractivity contribution in [2.75, 3.05) is 13.2 Å². The van der Waals surface area contributed by atoms with Gasteiger partial charge in [0.1, 0.15) is 24.7 Å². The van der Waals surface area contributed by atoms with Gasteiger partial charge in [0.15, 0.2) is 0 Å². The zero-order chi connectivity index (χ0) is 15.2. The maximum Gasteiger partial charge on any atom is 0.273 e. The molecule has 0 amide bonds. The lowest BCUT2D eigenvalue weighted by molar-refractivity contribution is -0.384. The summed E-state index contributed by atoms with van der Waals surface area (Å²) in [4.78, 5) is 10.3. The maximum absolute atomic E-state index is 10.7. The van der Waals surface area contributed by atoms with Crippen LogP contribution in [0.25, 0.3) is 0 Å². The van der Waals surface area contributed by atoms with Crippen LogP contribution in [-0.4, -0.2) is 18.1 Å². The predicted octanol–water partition coefficient (Wildman–Crippen LogP) is 4.12. The summed E-state index contributed by atoms with van der Waals surface area (Å²) in [7, 11) is 0. The second-order valence-electron chi connectivity index (χ2n) is 4.36. The summed E-state index contributed by atoms with van der Waals surface area (Å²) in [5.41, 5.74) is 0.867. The summed E-state index contributed by atoms with van der Waals surface area (Å²) in [5.74, 6) is 1.24. The molecule has 0 aliphatic rings. The molecule has 0 aliphatic heterocycles. The second-order valence-corrected chi connectivity index (χ2v) is 5.28. The normalized spacial score (nSPS) is 10.2. The van der Waals surface area contributed by atoms with Gasteiger partial charge in [-0.3, -0.25) is 10.1 Å². The third-order valence-corrected chi connectivity index (χ3v) is 3.28. The van der Waals surface area contributed by atoms with Crippen LogP contribution in [0.4, 0.5) is 5.69 Å². The molecule has 110 valence electrons. The standard InChI is InChI=1S/C15H14BrNO4/c1-11-5-6-13(17(18)19)10-15(11)21-8-7-20-14-4-2-3-12(16)9-14/h2-6,9-10H,7-8H2,1H3. The van der Waals surface area contributed by atoms with Crippen molar-refractivity contribution in [2.45, 2.75) is 6.92 Å². The van der Waals surface area contributed by atoms with Gasteiger partial charge >= 0.3 is 0 Å². The number of non-ortho nitro benzene ring substituents is 1. The molecule has 21 heavy (non-hydrogen) atoms. The number of rotatable bonds is 6. The minimum atomic E-state index is -0.440. The lowest BCUT2D eigenvalue weighted by Crippen LogP contribution is -2.09. The topological polar surface area (TPSA) is 61.6 Å². The Labute approximate surface area is 130 Å². The monoisotopic (exact) mass is 351 g/mol. The molecule has 0 fully saturated rings. The van der Waals surface area contributed by atoms with E-state index in [4.69, 9.17) is 9.47 Å². The molecule has 0 bridgehead atoms. The van der Waals surface area contributed by atoms with Crippen molar-refractivity contribution in [3.63, 3.8) is 0 Å². The Morgan fingerprint density at radius 3 is 2.62 bits per heavy atom. The van der Waals surface area contributed by atoms with Gasteiger partial charge in [0.25, 0.3) is 5.69 Å². The van der Waals surface area contributed by atoms with E-state index in [0.717, 1.165) is 15.8 Å². The molecule has 2 rings (SSSR count). The Hall–Kier alpha value is -2.08. The van der Waals surface area contributed by atoms with E-state index in [1.807, 2.05) is 31.2 Å². The van der Waals surface area contributed by atoms with Gasteiger partial charge in [-0.05, 0) is 36.8 Å². The molecule has 6 heteroatoms. The molecular formula is C15H14BrNO4. The first-order valence-electron chi connectivity index (χ1n) is 6.32. The van der Waals surface area contributed by atoms with E-state index < -0.39 is 4.92 Å². The van der Waals surface area contributed by atoms with E-state index in [1.165, 1.54) is 12.1 Å². The van der Waals surface area contributed by atoms with E-state index >= 15 is 0 Å². The Morgan fingerprint density at radius 2 is 1.90 bits per heavy atom. The molecule has 5 nitrogen and oxygen atoms in total. The summed E-state index contributed by atoms with van der Waals surface area (Å²) in [6, 6.07) is 12.1. The minimum Gasteiger partial charge on any atom is -0.490 e. The molecule has 0 saturated carbocycles. The Balaban J connectivity index is 1.88. The lowest BCUT2D eigenvalue weighted by Gasteiger charge is -2.10. The Morgan fingerprint density at radius 1 is 1.14 bits per heavy atom. The number of aryl methyl sites for hydroxylation is 1. The van der Waals surface area contributed by atoms with Gasteiger partial charge in [0, 0.05) is 10.5 Å². The molecule has 0 N–H and O–H groups in total. The number of hydrogen-bond donors (Lipinski definition) is 0. The lowest BCUT2D eigenvalue weighted by atomic mass is 10.2. The van der Waals surface area contributed by atoms with Crippen LogP contribution in [0, 0.1) is 17.0 Å². The summed E-state index contributed by atoms with van der Waals surface area (Å²) < 4.78 is 12.0. The zero-order valence-electron chi connectivity index (χ0n) is 11.4. The van der Waals surface area contributed by atoms with Gasteiger partial charge < -0.3 is 9.47 Å². The van der Waals surface area contributed by atoms with Gasteiger partial charge in [0.2, 0.25) is 0 Å². The highest BCUT2D eigenvalue weighted by atomic mass is 79.9. The largest absolute Gasteiger partial charge is 0.490 e. The second kappa shape index (κ2) is 7.08. The van der Waals surface area contributed by atoms with Gasteiger partial charge in [-0.25, -0.2) is 0 Å². The van der Waals surface area contributed by atoms with Crippen LogP contribution < -0.4 is 9.47 Å². The zero-order valence-corrected chi connectivity index (χ0v) is 13.0. The summed E-state index contributed by atoms with van der Waals surface area (Å²) in [6.45, 7) is 2.52. The van der Waals surface area contributed by atoms with Crippen molar-refractivity contribution in [1.82, 2.24) is 0 Å². The first-order valence-corrected chi connectivity index (χ1v) is 7.12. The number of nitro groups is 1. The van der Waals surface area contributed by atoms with E-state index in [2.05, 4.69) is 15.9 Å². The van der Waals surface area contributed by atoms with Crippen molar-refractivity contribution in [1.29, 1.82) is 0 Å². The van der Waals surface area contributed by atoms with Gasteiger partial charge in [-0.2, -0.15) is 0 Å². The predicted molar refractivity (Wildman–Crippen MR) is 83.0 cm³/mol. The van der Waals surface area contributed by atoms with Crippen LogP contribution in [-0.2, 0) is 0 Å². The fourth-order valence-corrected chi connectivity index (χ4v) is 2.10. The third-order valence-electron chi connectivity index (χ3n) is 2.79. The molecule has 0 radical (unpaired) electrons. The number of benzene rings is 2. The number of halogens is 1. The number of nitro benzene ring substituents is 1. The number of hydrogen-bond acceptors (Lipinski definition) is 4. The van der Waals surface area contributed by atoms with E-state index in [1.54, 1.807) is 6.07 Å². The van der Waals surface area contributed by atoms with Crippen molar-refractivity contribution in [2.24, 2.45) is 0 Å². The molecule has 2 aromatic carbocycles. The quantitative estimate of drug-likeness (QED) is 0.446. The highest BCUT2D eigenvalue weighted by Gasteiger charge is 2.09. The van der Waals surface area contributed by atoms with Crippen LogP contribution in [0.1, 0.15) is 5.56 Å². The van der Waals surface area contributed by atoms with Crippen LogP contribution in [0.15, 0.2) is 46.9 Å². The van der Waals surface area contributed by atoms with Crippen LogP contribution in [0.2, 0.25) is 0 Å². The molecular weight excluding hydrogens is 338 g/mol. The molecule has 0 saturated heterocycles.